The molecule has 1 aliphatic rings. The number of amidine groups is 1. The van der Waals surface area contributed by atoms with Crippen molar-refractivity contribution in [1.29, 1.82) is 5.41 Å². The minimum Gasteiger partial charge on any atom is -0.497 e. The molecule has 0 radical (unpaired) electrons. The second-order valence-electron chi connectivity index (χ2n) is 5.66. The lowest BCUT2D eigenvalue weighted by Crippen LogP contribution is -2.23. The van der Waals surface area contributed by atoms with Crippen LogP contribution in [-0.2, 0) is 0 Å². The third-order valence-electron chi connectivity index (χ3n) is 4.07. The van der Waals surface area contributed by atoms with E-state index < -0.39 is 0 Å². The number of benzene rings is 2. The second-order valence-corrected chi connectivity index (χ2v) is 5.66. The topological polar surface area (TPSA) is 91.4 Å². The Balaban J connectivity index is 1.72. The molecule has 0 saturated carbocycles. The Morgan fingerprint density at radius 3 is 2.58 bits per heavy atom. The fourth-order valence-electron chi connectivity index (χ4n) is 2.73. The van der Waals surface area contributed by atoms with Crippen molar-refractivity contribution in [2.24, 2.45) is 0 Å². The van der Waals surface area contributed by atoms with Crippen molar-refractivity contribution in [3.8, 4) is 5.75 Å². The van der Waals surface area contributed by atoms with E-state index in [-0.39, 0.29) is 5.91 Å². The van der Waals surface area contributed by atoms with E-state index in [0.717, 1.165) is 25.1 Å². The van der Waals surface area contributed by atoms with Crippen LogP contribution in [0.25, 0.3) is 0 Å². The lowest BCUT2D eigenvalue weighted by molar-refractivity contribution is 0.102. The molecule has 2 aromatic rings. The summed E-state index contributed by atoms with van der Waals surface area (Å²) in [6.45, 7) is 0.854. The monoisotopic (exact) mass is 324 g/mol. The number of hydrogen-bond donors (Lipinski definition) is 3. The molecule has 2 aromatic carbocycles. The molecule has 0 aliphatic carbocycles. The highest BCUT2D eigenvalue weighted by Gasteiger charge is 2.18. The minimum atomic E-state index is -0.227. The number of rotatable bonds is 4. The molecule has 0 unspecified atom stereocenters. The number of carbonyl (C=O) groups is 1. The van der Waals surface area contributed by atoms with Crippen LogP contribution in [0, 0.1) is 5.41 Å². The number of ether oxygens (including phenoxy) is 1. The molecule has 1 aliphatic heterocycles. The Bertz CT molecular complexity index is 771. The zero-order valence-corrected chi connectivity index (χ0v) is 13.5. The number of nitrogen functional groups attached to an aromatic ring is 1. The molecule has 4 N–H and O–H groups in total. The molecular weight excluding hydrogens is 304 g/mol. The van der Waals surface area contributed by atoms with Gasteiger partial charge < -0.3 is 20.7 Å². The van der Waals surface area contributed by atoms with Gasteiger partial charge in [0.2, 0.25) is 0 Å². The Morgan fingerprint density at radius 2 is 2.00 bits per heavy atom. The van der Waals surface area contributed by atoms with Gasteiger partial charge in [-0.2, -0.15) is 0 Å². The van der Waals surface area contributed by atoms with Crippen molar-refractivity contribution in [2.45, 2.75) is 12.8 Å². The Kier molecular flexibility index (Phi) is 4.37. The third kappa shape index (κ3) is 3.17. The van der Waals surface area contributed by atoms with E-state index in [1.54, 1.807) is 37.4 Å². The van der Waals surface area contributed by atoms with Gasteiger partial charge in [0.25, 0.3) is 5.91 Å². The maximum atomic E-state index is 12.4. The van der Waals surface area contributed by atoms with E-state index in [1.807, 2.05) is 17.0 Å². The maximum absolute atomic E-state index is 12.4. The van der Waals surface area contributed by atoms with Crippen molar-refractivity contribution in [3.63, 3.8) is 0 Å². The molecule has 1 amide bonds. The molecule has 1 saturated heterocycles. The van der Waals surface area contributed by atoms with Crippen LogP contribution in [0.1, 0.15) is 23.2 Å². The summed E-state index contributed by atoms with van der Waals surface area (Å²) >= 11 is 0. The van der Waals surface area contributed by atoms with Crippen LogP contribution >= 0.6 is 0 Å². The van der Waals surface area contributed by atoms with E-state index >= 15 is 0 Å². The molecule has 1 fully saturated rings. The number of nitrogens with two attached hydrogens (primary N) is 1. The van der Waals surface area contributed by atoms with E-state index in [2.05, 4.69) is 5.32 Å². The highest BCUT2D eigenvalue weighted by atomic mass is 16.5. The van der Waals surface area contributed by atoms with Crippen LogP contribution in [0.15, 0.2) is 42.5 Å². The van der Waals surface area contributed by atoms with Gasteiger partial charge in [0.05, 0.1) is 18.5 Å². The zero-order chi connectivity index (χ0) is 17.1. The van der Waals surface area contributed by atoms with Gasteiger partial charge in [0.15, 0.2) is 0 Å². The molecule has 0 aromatic heterocycles. The number of amides is 1. The molecule has 0 atom stereocenters. The van der Waals surface area contributed by atoms with Gasteiger partial charge in [-0.3, -0.25) is 10.2 Å². The third-order valence-corrected chi connectivity index (χ3v) is 4.07. The van der Waals surface area contributed by atoms with Gasteiger partial charge in [-0.05, 0) is 42.8 Å². The number of hydrogen-bond acceptors (Lipinski definition) is 4. The highest BCUT2D eigenvalue weighted by Crippen LogP contribution is 2.25. The van der Waals surface area contributed by atoms with Gasteiger partial charge in [-0.1, -0.05) is 0 Å². The Labute approximate surface area is 140 Å². The summed E-state index contributed by atoms with van der Waals surface area (Å²) in [5, 5.41) is 10.7. The standard InChI is InChI=1S/C18H20N4O2/c1-24-14-8-9-16(15(19)11-14)21-18(23)12-4-6-13(7-5-12)22-10-2-3-17(22)20/h4-9,11,20H,2-3,10,19H2,1H3,(H,21,23). The first kappa shape index (κ1) is 15.9. The zero-order valence-electron chi connectivity index (χ0n) is 13.5. The lowest BCUT2D eigenvalue weighted by atomic mass is 10.1. The molecule has 6 heteroatoms. The van der Waals surface area contributed by atoms with Crippen LogP contribution in [0.4, 0.5) is 17.1 Å². The highest BCUT2D eigenvalue weighted by molar-refractivity contribution is 6.06. The summed E-state index contributed by atoms with van der Waals surface area (Å²) in [7, 11) is 1.56. The first-order valence-corrected chi connectivity index (χ1v) is 7.78. The maximum Gasteiger partial charge on any atom is 0.255 e. The van der Waals surface area contributed by atoms with Crippen molar-refractivity contribution >= 4 is 28.8 Å². The summed E-state index contributed by atoms with van der Waals surface area (Å²) in [5.41, 5.74) is 8.40. The van der Waals surface area contributed by atoms with Gasteiger partial charge in [-0.15, -0.1) is 0 Å². The number of carbonyl (C=O) groups excluding carboxylic acids is 1. The summed E-state index contributed by atoms with van der Waals surface area (Å²) < 4.78 is 5.10. The van der Waals surface area contributed by atoms with Crippen LogP contribution in [0.3, 0.4) is 0 Å². The first-order valence-electron chi connectivity index (χ1n) is 7.78. The van der Waals surface area contributed by atoms with E-state index in [9.17, 15) is 4.79 Å². The summed E-state index contributed by atoms with van der Waals surface area (Å²) in [4.78, 5) is 14.3. The molecule has 124 valence electrons. The van der Waals surface area contributed by atoms with Crippen LogP contribution in [-0.4, -0.2) is 25.4 Å². The van der Waals surface area contributed by atoms with E-state index in [4.69, 9.17) is 15.9 Å². The predicted octanol–water partition coefficient (Wildman–Crippen LogP) is 3.11. The van der Waals surface area contributed by atoms with Crippen molar-refractivity contribution < 1.29 is 9.53 Å². The number of anilines is 3. The smallest absolute Gasteiger partial charge is 0.255 e. The molecule has 6 nitrogen and oxygen atoms in total. The SMILES string of the molecule is COc1ccc(NC(=O)c2ccc(N3CCCC3=N)cc2)c(N)c1. The van der Waals surface area contributed by atoms with Crippen LogP contribution < -0.4 is 20.7 Å². The number of nitrogens with zero attached hydrogens (tertiary/aromatic N) is 1. The molecule has 0 bridgehead atoms. The largest absolute Gasteiger partial charge is 0.497 e. The average molecular weight is 324 g/mol. The summed E-state index contributed by atoms with van der Waals surface area (Å²) in [6.07, 6.45) is 1.80. The summed E-state index contributed by atoms with van der Waals surface area (Å²) in [5.74, 6) is 1.04. The molecule has 24 heavy (non-hydrogen) atoms. The molecule has 0 spiro atoms. The fourth-order valence-corrected chi connectivity index (χ4v) is 2.73. The van der Waals surface area contributed by atoms with Gasteiger partial charge in [0, 0.05) is 30.3 Å². The summed E-state index contributed by atoms with van der Waals surface area (Å²) in [6, 6.07) is 12.4. The number of methoxy groups -OCH3 is 1. The van der Waals surface area contributed by atoms with Gasteiger partial charge in [0.1, 0.15) is 11.6 Å². The average Bonchev–Trinajstić information content (AvgIpc) is 3.02. The van der Waals surface area contributed by atoms with E-state index in [1.165, 1.54) is 0 Å². The predicted molar refractivity (Wildman–Crippen MR) is 96.1 cm³/mol. The normalized spacial score (nSPS) is 13.9. The Morgan fingerprint density at radius 1 is 1.25 bits per heavy atom. The van der Waals surface area contributed by atoms with Gasteiger partial charge >= 0.3 is 0 Å². The molecule has 3 rings (SSSR count). The Hall–Kier alpha value is -3.02. The van der Waals surface area contributed by atoms with E-state index in [0.29, 0.717) is 28.5 Å². The lowest BCUT2D eigenvalue weighted by Gasteiger charge is -2.18. The first-order chi connectivity index (χ1) is 11.6. The van der Waals surface area contributed by atoms with Gasteiger partial charge in [-0.25, -0.2) is 0 Å². The number of nitrogens with one attached hydrogen (secondary N) is 2. The van der Waals surface area contributed by atoms with Crippen molar-refractivity contribution in [1.82, 2.24) is 0 Å². The second kappa shape index (κ2) is 6.62. The van der Waals surface area contributed by atoms with Crippen LogP contribution in [0.2, 0.25) is 0 Å². The molecule has 1 heterocycles. The van der Waals surface area contributed by atoms with Crippen molar-refractivity contribution in [3.05, 3.63) is 48.0 Å². The molecular formula is C18H20N4O2. The fraction of sp³-hybridized carbons (Fsp3) is 0.222. The quantitative estimate of drug-likeness (QED) is 0.754. The van der Waals surface area contributed by atoms with Crippen LogP contribution in [0.5, 0.6) is 5.75 Å². The van der Waals surface area contributed by atoms with Crippen molar-refractivity contribution in [2.75, 3.05) is 29.6 Å². The minimum absolute atomic E-state index is 0.227.